The average molecular weight is 1520 g/mol. The zero-order valence-corrected chi connectivity index (χ0v) is 64.7. The molecule has 0 aliphatic rings. The van der Waals surface area contributed by atoms with Crippen molar-refractivity contribution in [3.8, 4) is 71.2 Å². The molecule has 0 aromatic heterocycles. The van der Waals surface area contributed by atoms with Crippen LogP contribution in [0.25, 0.3) is 98.1 Å². The Morgan fingerprint density at radius 1 is 0.289 bits per heavy atom. The first-order chi connectivity index (χ1) is 55.8. The van der Waals surface area contributed by atoms with E-state index in [9.17, 15) is 61.3 Å². The molecule has 18 nitrogen and oxygen atoms in total. The average Bonchev–Trinajstić information content (AvgIpc) is 0.744. The van der Waals surface area contributed by atoms with Crippen molar-refractivity contribution in [1.29, 1.82) is 42.1 Å². The van der Waals surface area contributed by atoms with Crippen LogP contribution in [0, 0.1) is 90.6 Å². The first kappa shape index (κ1) is 83.1. The van der Waals surface area contributed by atoms with Gasteiger partial charge in [0.25, 0.3) is 0 Å². The molecule has 18 heteroatoms. The molecule has 114 heavy (non-hydrogen) atoms. The van der Waals surface area contributed by atoms with Crippen LogP contribution in [0.3, 0.4) is 0 Å². The van der Waals surface area contributed by atoms with Gasteiger partial charge in [0.05, 0.1) is 38.9 Å². The van der Waals surface area contributed by atoms with Gasteiger partial charge >= 0.3 is 23.9 Å². The summed E-state index contributed by atoms with van der Waals surface area (Å²) in [6, 6.07) is 59.3. The quantitative estimate of drug-likeness (QED) is 0.0149. The number of ether oxygens (including phenoxy) is 6. The van der Waals surface area contributed by atoms with E-state index in [4.69, 9.17) is 28.4 Å². The van der Waals surface area contributed by atoms with Crippen LogP contribution in [0.15, 0.2) is 146 Å². The van der Waals surface area contributed by atoms with Crippen molar-refractivity contribution in [1.82, 2.24) is 0 Å². The monoisotopic (exact) mass is 1510 g/mol. The summed E-state index contributed by atoms with van der Waals surface area (Å²) in [6.45, 7) is 4.76. The Kier molecular flexibility index (Phi) is 31.1. The van der Waals surface area contributed by atoms with Gasteiger partial charge in [0.1, 0.15) is 109 Å². The Bertz CT molecular complexity index is 5860. The number of rotatable bonds is 39. The number of fused-ring (bicyclic) bond motifs is 6. The Morgan fingerprint density at radius 2 is 0.605 bits per heavy atom. The molecule has 0 atom stereocenters. The number of carbonyl (C=O) groups excluding carboxylic acids is 4. The second-order valence-electron chi connectivity index (χ2n) is 28.5. The highest BCUT2D eigenvalue weighted by molar-refractivity contribution is 6.10. The first-order valence-electron chi connectivity index (χ1n) is 39.5. The molecule has 10 aromatic rings. The third kappa shape index (κ3) is 21.4. The van der Waals surface area contributed by atoms with Gasteiger partial charge in [-0.25, -0.2) is 0 Å². The van der Waals surface area contributed by atoms with Gasteiger partial charge in [-0.1, -0.05) is 226 Å². The molecular weight excluding hydrogens is 1430 g/mol. The summed E-state index contributed by atoms with van der Waals surface area (Å²) in [6.07, 6.45) is 22.4. The standard InChI is InChI=1S/C96H90N8O10/c1-3-5-7-9-11-13-15-17-19-25-45-109-75-36-34-70-48-68(64-114-91(108)44-43-90(107)113-63-67-33-39-82-85(50-67)95(74(59-103)60-104)80-30-24-22-28-78(80)93(82)72(55-99)56-100)51-86(83(70)52-75)96-76-37-31-65(47-69(76)35-40-87(96)110-46-26-20-18-16-14-12-10-8-6-4-2)61-111-88(105)41-42-89(106)112-62-66-32-38-81-84(49-66)94(73(57-101)58-102)79-29-23-21-27-77(79)92(81)71(53-97)54-98/h21-24,27-40,47-52H,3-20,25-26,41-46,61-64H2,1-2H3. The van der Waals surface area contributed by atoms with Crippen LogP contribution >= 0.6 is 0 Å². The first-order valence-corrected chi connectivity index (χ1v) is 39.5. The van der Waals surface area contributed by atoms with Crippen LogP contribution in [-0.2, 0) is 64.6 Å². The maximum absolute atomic E-state index is 13.7. The Labute approximate surface area is 664 Å². The molecule has 10 rings (SSSR count). The Balaban J connectivity index is 0.866. The van der Waals surface area contributed by atoms with Gasteiger partial charge in [-0.2, -0.15) is 42.1 Å². The SMILES string of the molecule is CCCCCCCCCCCCOc1ccc2cc(COC(=O)CCC(=O)OCc3ccc4c(=C(C#N)C#N)c5ccccc5c(=C(C#N)C#N)c4c3)cc(-c3c(OCCCCCCCCCCCC)ccc4cc(COC(=O)CCC(=O)OCc5ccc6c(=C(C#N)C#N)c7ccccc7c(=C(C#N)C#N)c6c5)ccc34)c2c1. The summed E-state index contributed by atoms with van der Waals surface area (Å²) in [5.74, 6) is -1.30. The topological polar surface area (TPSA) is 314 Å². The lowest BCUT2D eigenvalue weighted by Crippen LogP contribution is -2.19. The minimum atomic E-state index is -0.681. The molecule has 0 fully saturated rings. The molecule has 574 valence electrons. The van der Waals surface area contributed by atoms with Crippen molar-refractivity contribution in [3.05, 3.63) is 189 Å². The second kappa shape index (κ2) is 42.7. The van der Waals surface area contributed by atoms with E-state index in [1.54, 1.807) is 84.9 Å². The van der Waals surface area contributed by atoms with Crippen molar-refractivity contribution in [2.75, 3.05) is 13.2 Å². The number of nitrogens with zero attached hydrogens (tertiary/aromatic N) is 8. The predicted molar refractivity (Wildman–Crippen MR) is 439 cm³/mol. The van der Waals surface area contributed by atoms with E-state index < -0.39 is 23.9 Å². The van der Waals surface area contributed by atoms with Gasteiger partial charge in [-0.15, -0.1) is 0 Å². The fraction of sp³-hybridized carbons (Fsp3) is 0.333. The van der Waals surface area contributed by atoms with E-state index in [0.29, 0.717) is 111 Å². The van der Waals surface area contributed by atoms with Gasteiger partial charge < -0.3 is 28.4 Å². The third-order valence-electron chi connectivity index (χ3n) is 20.6. The number of unbranched alkanes of at least 4 members (excludes halogenated alkanes) is 18. The summed E-state index contributed by atoms with van der Waals surface area (Å²) in [4.78, 5) is 53.9. The summed E-state index contributed by atoms with van der Waals surface area (Å²) in [7, 11) is 0. The highest BCUT2D eigenvalue weighted by atomic mass is 16.5. The molecular formula is C96H90N8O10. The molecule has 0 saturated heterocycles. The van der Waals surface area contributed by atoms with Crippen LogP contribution in [0.4, 0.5) is 0 Å². The number of hydrogen-bond acceptors (Lipinski definition) is 18. The minimum absolute atomic E-state index is 0.109. The van der Waals surface area contributed by atoms with E-state index in [1.807, 2.05) is 109 Å². The van der Waals surface area contributed by atoms with Crippen LogP contribution in [0.1, 0.15) is 190 Å². The summed E-state index contributed by atoms with van der Waals surface area (Å²) in [5.41, 5.74) is 3.24. The van der Waals surface area contributed by atoms with E-state index in [0.717, 1.165) is 71.2 Å². The lowest BCUT2D eigenvalue weighted by atomic mass is 9.91. The van der Waals surface area contributed by atoms with Gasteiger partial charge in [0.2, 0.25) is 0 Å². The Hall–Kier alpha value is -13.4. The molecule has 0 spiro atoms. The van der Waals surface area contributed by atoms with Crippen LogP contribution in [0.5, 0.6) is 11.5 Å². The Morgan fingerprint density at radius 3 is 1.00 bits per heavy atom. The largest absolute Gasteiger partial charge is 0.494 e. The lowest BCUT2D eigenvalue weighted by Gasteiger charge is -2.19. The van der Waals surface area contributed by atoms with Gasteiger partial charge in [-0.05, 0) is 154 Å². The van der Waals surface area contributed by atoms with Crippen molar-refractivity contribution in [2.45, 2.75) is 194 Å². The summed E-state index contributed by atoms with van der Waals surface area (Å²) in [5, 5.41) is 88.7. The van der Waals surface area contributed by atoms with E-state index in [1.165, 1.54) is 89.9 Å². The summed E-state index contributed by atoms with van der Waals surface area (Å²) >= 11 is 0. The van der Waals surface area contributed by atoms with Gasteiger partial charge in [-0.3, -0.25) is 19.2 Å². The van der Waals surface area contributed by atoms with Crippen molar-refractivity contribution < 1.29 is 47.6 Å². The van der Waals surface area contributed by atoms with Gasteiger partial charge in [0.15, 0.2) is 0 Å². The van der Waals surface area contributed by atoms with Crippen LogP contribution < -0.4 is 30.3 Å². The molecule has 0 bridgehead atoms. The molecule has 0 aliphatic heterocycles. The van der Waals surface area contributed by atoms with Crippen LogP contribution in [-0.4, -0.2) is 37.1 Å². The molecule has 0 radical (unpaired) electrons. The highest BCUT2D eigenvalue weighted by Gasteiger charge is 2.22. The van der Waals surface area contributed by atoms with E-state index in [-0.39, 0.29) is 74.4 Å². The van der Waals surface area contributed by atoms with Gasteiger partial charge in [0, 0.05) is 26.4 Å². The number of benzene rings is 10. The fourth-order valence-corrected chi connectivity index (χ4v) is 14.8. The van der Waals surface area contributed by atoms with E-state index in [2.05, 4.69) is 13.8 Å². The number of esters is 4. The van der Waals surface area contributed by atoms with Crippen molar-refractivity contribution >= 4 is 111 Å². The normalized spacial score (nSPS) is 10.8. The third-order valence-corrected chi connectivity index (χ3v) is 20.6. The molecule has 0 unspecified atom stereocenters. The minimum Gasteiger partial charge on any atom is -0.494 e. The molecule has 0 aliphatic carbocycles. The molecule has 0 saturated carbocycles. The number of carbonyl (C=O) groups is 4. The molecule has 10 aromatic carbocycles. The predicted octanol–water partition coefficient (Wildman–Crippen LogP) is 18.8. The zero-order chi connectivity index (χ0) is 80.6. The number of hydrogen-bond donors (Lipinski definition) is 0. The van der Waals surface area contributed by atoms with Crippen LogP contribution in [0.2, 0.25) is 0 Å². The highest BCUT2D eigenvalue weighted by Crippen LogP contribution is 2.43. The van der Waals surface area contributed by atoms with E-state index >= 15 is 0 Å². The lowest BCUT2D eigenvalue weighted by molar-refractivity contribution is -0.151. The maximum Gasteiger partial charge on any atom is 0.306 e. The fourth-order valence-electron chi connectivity index (χ4n) is 14.8. The molecule has 0 heterocycles. The van der Waals surface area contributed by atoms with Crippen molar-refractivity contribution in [3.63, 3.8) is 0 Å². The van der Waals surface area contributed by atoms with Crippen molar-refractivity contribution in [2.24, 2.45) is 0 Å². The smallest absolute Gasteiger partial charge is 0.306 e. The second-order valence-corrected chi connectivity index (χ2v) is 28.5. The molecule has 0 N–H and O–H groups in total. The summed E-state index contributed by atoms with van der Waals surface area (Å²) < 4.78 is 36.4. The molecule has 0 amide bonds. The maximum atomic E-state index is 13.7. The zero-order valence-electron chi connectivity index (χ0n) is 64.7. The number of nitriles is 8.